The standard InChI is InChI=1S/C29H35ClN2O7/c1-16(39-17(2)33)28-19(10-11-31-28)25-23(37-3)15-24(38-4)26(29(25)36)22(35)14-21(34)18-8-7-9-20(27(18)30)32-12-5-6-13-32/h7-9,15-16,19,28,31,36H,5-6,10-14H2,1-4H3. The quantitative estimate of drug-likeness (QED) is 0.247. The number of phenolic OH excluding ortho intramolecular Hbond substituents is 1. The van der Waals surface area contributed by atoms with Crippen molar-refractivity contribution in [3.63, 3.8) is 0 Å². The molecule has 2 saturated heterocycles. The Bertz CT molecular complexity index is 1260. The molecule has 0 amide bonds. The number of nitrogens with one attached hydrogen (secondary N) is 1. The van der Waals surface area contributed by atoms with Crippen molar-refractivity contribution in [2.24, 2.45) is 0 Å². The summed E-state index contributed by atoms with van der Waals surface area (Å²) in [5.74, 6) is -1.67. The van der Waals surface area contributed by atoms with Crippen LogP contribution in [0.25, 0.3) is 0 Å². The van der Waals surface area contributed by atoms with E-state index < -0.39 is 30.1 Å². The third-order valence-electron chi connectivity index (χ3n) is 7.53. The highest BCUT2D eigenvalue weighted by Crippen LogP contribution is 2.47. The van der Waals surface area contributed by atoms with E-state index >= 15 is 0 Å². The van der Waals surface area contributed by atoms with Gasteiger partial charge in [-0.2, -0.15) is 0 Å². The Kier molecular flexibility index (Phi) is 9.02. The Morgan fingerprint density at radius 2 is 1.82 bits per heavy atom. The molecule has 0 aliphatic carbocycles. The SMILES string of the molecule is COc1cc(OC)c(C2CCNC2C(C)OC(C)=O)c(O)c1C(=O)CC(=O)c1cccc(N2CCCC2)c1Cl. The molecule has 3 atom stereocenters. The maximum absolute atomic E-state index is 13.6. The second-order valence-corrected chi connectivity index (χ2v) is 10.3. The molecule has 210 valence electrons. The van der Waals surface area contributed by atoms with Crippen molar-refractivity contribution in [1.82, 2.24) is 5.32 Å². The summed E-state index contributed by atoms with van der Waals surface area (Å²) in [6, 6.07) is 6.47. The Balaban J connectivity index is 1.67. The van der Waals surface area contributed by atoms with Crippen LogP contribution in [0.15, 0.2) is 24.3 Å². The number of hydrogen-bond acceptors (Lipinski definition) is 9. The zero-order chi connectivity index (χ0) is 28.3. The number of phenols is 1. The van der Waals surface area contributed by atoms with E-state index in [1.165, 1.54) is 21.1 Å². The number of ketones is 2. The number of carbonyl (C=O) groups excluding carboxylic acids is 3. The molecular weight excluding hydrogens is 524 g/mol. The molecule has 2 aliphatic heterocycles. The van der Waals surface area contributed by atoms with Gasteiger partial charge in [0, 0.05) is 43.1 Å². The minimum absolute atomic E-state index is 0.0957. The van der Waals surface area contributed by atoms with E-state index in [-0.39, 0.29) is 34.6 Å². The minimum Gasteiger partial charge on any atom is -0.507 e. The van der Waals surface area contributed by atoms with Crippen molar-refractivity contribution in [3.05, 3.63) is 46.0 Å². The molecule has 39 heavy (non-hydrogen) atoms. The van der Waals surface area contributed by atoms with E-state index in [0.29, 0.717) is 29.3 Å². The van der Waals surface area contributed by atoms with Crippen LogP contribution in [0.1, 0.15) is 71.7 Å². The molecule has 0 radical (unpaired) electrons. The number of hydrogen-bond donors (Lipinski definition) is 2. The van der Waals surface area contributed by atoms with Gasteiger partial charge in [0.2, 0.25) is 0 Å². The highest BCUT2D eigenvalue weighted by Gasteiger charge is 2.39. The molecule has 0 saturated carbocycles. The Labute approximate surface area is 233 Å². The maximum atomic E-state index is 13.6. The van der Waals surface area contributed by atoms with Gasteiger partial charge in [0.15, 0.2) is 11.6 Å². The average molecular weight is 559 g/mol. The number of carbonyl (C=O) groups is 3. The zero-order valence-electron chi connectivity index (χ0n) is 22.7. The van der Waals surface area contributed by atoms with Crippen molar-refractivity contribution in [1.29, 1.82) is 0 Å². The third kappa shape index (κ3) is 5.84. The molecule has 2 N–H and O–H groups in total. The normalized spacial score (nSPS) is 19.6. The van der Waals surface area contributed by atoms with E-state index in [1.807, 2.05) is 6.07 Å². The largest absolute Gasteiger partial charge is 0.507 e. The van der Waals surface area contributed by atoms with Gasteiger partial charge in [-0.15, -0.1) is 0 Å². The number of ether oxygens (including phenoxy) is 3. The second kappa shape index (κ2) is 12.3. The van der Waals surface area contributed by atoms with Gasteiger partial charge in [-0.05, 0) is 44.9 Å². The number of anilines is 1. The highest BCUT2D eigenvalue weighted by molar-refractivity contribution is 6.37. The van der Waals surface area contributed by atoms with Crippen LogP contribution in [0.4, 0.5) is 5.69 Å². The van der Waals surface area contributed by atoms with Gasteiger partial charge in [0.1, 0.15) is 28.9 Å². The van der Waals surface area contributed by atoms with E-state index in [2.05, 4.69) is 10.2 Å². The predicted octanol–water partition coefficient (Wildman–Crippen LogP) is 4.52. The predicted molar refractivity (Wildman–Crippen MR) is 148 cm³/mol. The molecule has 2 aliphatic rings. The molecule has 0 aromatic heterocycles. The first-order valence-corrected chi connectivity index (χ1v) is 13.5. The topological polar surface area (TPSA) is 114 Å². The van der Waals surface area contributed by atoms with Crippen LogP contribution in [0, 0.1) is 0 Å². The van der Waals surface area contributed by atoms with Crippen LogP contribution in [-0.4, -0.2) is 68.6 Å². The fourth-order valence-corrected chi connectivity index (χ4v) is 6.09. The molecule has 3 unspecified atom stereocenters. The van der Waals surface area contributed by atoms with Gasteiger partial charge in [-0.3, -0.25) is 14.4 Å². The molecule has 2 fully saturated rings. The fourth-order valence-electron chi connectivity index (χ4n) is 5.74. The van der Waals surface area contributed by atoms with E-state index in [9.17, 15) is 19.5 Å². The first-order chi connectivity index (χ1) is 18.7. The first kappa shape index (κ1) is 28.7. The number of aromatic hydroxyl groups is 1. The van der Waals surface area contributed by atoms with Crippen molar-refractivity contribution < 1.29 is 33.7 Å². The molecule has 9 nitrogen and oxygen atoms in total. The van der Waals surface area contributed by atoms with Gasteiger partial charge >= 0.3 is 5.97 Å². The molecule has 2 aromatic rings. The summed E-state index contributed by atoms with van der Waals surface area (Å²) in [5.41, 5.74) is 1.34. The average Bonchev–Trinajstić information content (AvgIpc) is 3.60. The van der Waals surface area contributed by atoms with Crippen LogP contribution in [0.2, 0.25) is 5.02 Å². The van der Waals surface area contributed by atoms with E-state index in [4.69, 9.17) is 25.8 Å². The molecule has 2 aromatic carbocycles. The lowest BCUT2D eigenvalue weighted by Crippen LogP contribution is -2.39. The molecular formula is C29H35ClN2O7. The van der Waals surface area contributed by atoms with Crippen molar-refractivity contribution in [3.8, 4) is 17.2 Å². The molecule has 2 heterocycles. The van der Waals surface area contributed by atoms with Gasteiger partial charge in [-0.1, -0.05) is 17.7 Å². The van der Waals surface area contributed by atoms with Crippen molar-refractivity contribution in [2.75, 3.05) is 38.8 Å². The Hall–Kier alpha value is -3.30. The minimum atomic E-state index is -0.601. The fraction of sp³-hybridized carbons (Fsp3) is 0.483. The van der Waals surface area contributed by atoms with Crippen molar-refractivity contribution >= 4 is 34.8 Å². The summed E-state index contributed by atoms with van der Waals surface area (Å²) >= 11 is 6.63. The number of esters is 1. The van der Waals surface area contributed by atoms with Gasteiger partial charge in [-0.25, -0.2) is 0 Å². The van der Waals surface area contributed by atoms with Crippen LogP contribution in [0.3, 0.4) is 0 Å². The summed E-state index contributed by atoms with van der Waals surface area (Å²) in [7, 11) is 2.84. The van der Waals surface area contributed by atoms with E-state index in [1.54, 1.807) is 25.1 Å². The molecule has 4 rings (SSSR count). The smallest absolute Gasteiger partial charge is 0.302 e. The summed E-state index contributed by atoms with van der Waals surface area (Å²) < 4.78 is 16.4. The molecule has 0 spiro atoms. The number of Topliss-reactive ketones (excluding diaryl/α,β-unsaturated/α-hetero) is 2. The zero-order valence-corrected chi connectivity index (χ0v) is 23.5. The lowest BCUT2D eigenvalue weighted by atomic mass is 9.85. The van der Waals surface area contributed by atoms with E-state index in [0.717, 1.165) is 31.6 Å². The van der Waals surface area contributed by atoms with Gasteiger partial charge < -0.3 is 29.5 Å². The Morgan fingerprint density at radius 1 is 1.13 bits per heavy atom. The second-order valence-electron chi connectivity index (χ2n) is 9.96. The van der Waals surface area contributed by atoms with Gasteiger partial charge in [0.25, 0.3) is 0 Å². The molecule has 10 heteroatoms. The van der Waals surface area contributed by atoms with Crippen LogP contribution in [-0.2, 0) is 9.53 Å². The number of methoxy groups -OCH3 is 2. The Morgan fingerprint density at radius 3 is 2.46 bits per heavy atom. The monoisotopic (exact) mass is 558 g/mol. The number of benzene rings is 2. The third-order valence-corrected chi connectivity index (χ3v) is 7.93. The summed E-state index contributed by atoms with van der Waals surface area (Å²) in [5, 5.41) is 15.1. The lowest BCUT2D eigenvalue weighted by molar-refractivity contribution is -0.146. The van der Waals surface area contributed by atoms with Crippen LogP contribution < -0.4 is 19.7 Å². The summed E-state index contributed by atoms with van der Waals surface area (Å²) in [4.78, 5) is 40.6. The van der Waals surface area contributed by atoms with Crippen LogP contribution in [0.5, 0.6) is 17.2 Å². The summed E-state index contributed by atoms with van der Waals surface area (Å²) in [6.45, 7) is 5.46. The van der Waals surface area contributed by atoms with Crippen molar-refractivity contribution in [2.45, 2.75) is 57.6 Å². The number of nitrogens with zero attached hydrogens (tertiary/aromatic N) is 1. The summed E-state index contributed by atoms with van der Waals surface area (Å²) in [6.07, 6.45) is 1.73. The lowest BCUT2D eigenvalue weighted by Gasteiger charge is -2.28. The van der Waals surface area contributed by atoms with Gasteiger partial charge in [0.05, 0.1) is 37.4 Å². The number of rotatable bonds is 10. The first-order valence-electron chi connectivity index (χ1n) is 13.2. The van der Waals surface area contributed by atoms with Crippen LogP contribution >= 0.6 is 11.6 Å². The maximum Gasteiger partial charge on any atom is 0.302 e. The molecule has 0 bridgehead atoms. The number of halogens is 1. The highest BCUT2D eigenvalue weighted by atomic mass is 35.5.